The number of hydrogen-bond acceptors (Lipinski definition) is 7. The molecule has 1 aliphatic rings. The summed E-state index contributed by atoms with van der Waals surface area (Å²) in [5, 5.41) is 19.1. The third kappa shape index (κ3) is 6.95. The van der Waals surface area contributed by atoms with E-state index in [0.29, 0.717) is 36.3 Å². The summed E-state index contributed by atoms with van der Waals surface area (Å²) in [4.78, 5) is 47.1. The van der Waals surface area contributed by atoms with Crippen molar-refractivity contribution in [2.45, 2.75) is 32.5 Å². The van der Waals surface area contributed by atoms with Crippen molar-refractivity contribution in [1.82, 2.24) is 19.7 Å². The number of nitrogens with zero attached hydrogens (tertiary/aromatic N) is 4. The Morgan fingerprint density at radius 2 is 1.69 bits per heavy atom. The van der Waals surface area contributed by atoms with E-state index in [-0.39, 0.29) is 41.9 Å². The molecule has 2 aromatic carbocycles. The number of ether oxygens (including phenoxy) is 1. The van der Waals surface area contributed by atoms with Crippen LogP contribution in [0.15, 0.2) is 60.8 Å². The molecule has 0 spiro atoms. The maximum Gasteiger partial charge on any atom is 0.335 e. The summed E-state index contributed by atoms with van der Waals surface area (Å²) in [6, 6.07) is 15.3. The van der Waals surface area contributed by atoms with Crippen molar-refractivity contribution in [2.75, 3.05) is 40.8 Å². The third-order valence-corrected chi connectivity index (χ3v) is 7.54. The number of amides is 2. The van der Waals surface area contributed by atoms with Gasteiger partial charge in [0.05, 0.1) is 18.2 Å². The zero-order valence-electron chi connectivity index (χ0n) is 24.7. The van der Waals surface area contributed by atoms with Crippen LogP contribution < -0.4 is 4.74 Å². The maximum absolute atomic E-state index is 13.8. The number of carbonyl (C=O) groups excluding carboxylic acids is 2. The fraction of sp³-hybridized carbons (Fsp3) is 0.375. The summed E-state index contributed by atoms with van der Waals surface area (Å²) in [7, 11) is 5.36. The number of benzene rings is 2. The molecule has 0 saturated carbocycles. The van der Waals surface area contributed by atoms with Crippen molar-refractivity contribution in [2.24, 2.45) is 5.92 Å². The molecule has 0 fully saturated rings. The molecule has 10 heteroatoms. The molecule has 0 radical (unpaired) electrons. The number of likely N-dealkylation sites (N-methyl/N-ethyl adjacent to an activating group) is 1. The lowest BCUT2D eigenvalue weighted by atomic mass is 9.98. The van der Waals surface area contributed by atoms with Crippen LogP contribution in [0.3, 0.4) is 0 Å². The average molecular weight is 575 g/mol. The Morgan fingerprint density at radius 1 is 1.05 bits per heavy atom. The summed E-state index contributed by atoms with van der Waals surface area (Å²) in [6.45, 7) is 5.14. The lowest BCUT2D eigenvalue weighted by molar-refractivity contribution is 0.0325. The number of rotatable bonds is 9. The summed E-state index contributed by atoms with van der Waals surface area (Å²) in [5.41, 5.74) is 3.58. The van der Waals surface area contributed by atoms with Crippen molar-refractivity contribution in [3.05, 3.63) is 83.0 Å². The maximum atomic E-state index is 13.8. The van der Waals surface area contributed by atoms with Crippen molar-refractivity contribution in [3.8, 4) is 17.0 Å². The van der Waals surface area contributed by atoms with Gasteiger partial charge in [0.25, 0.3) is 11.8 Å². The molecule has 10 nitrogen and oxygen atoms in total. The molecule has 42 heavy (non-hydrogen) atoms. The van der Waals surface area contributed by atoms with Gasteiger partial charge in [-0.25, -0.2) is 9.78 Å². The highest BCUT2D eigenvalue weighted by Crippen LogP contribution is 2.30. The molecule has 2 amide bonds. The first-order chi connectivity index (χ1) is 20.0. The van der Waals surface area contributed by atoms with Crippen LogP contribution >= 0.6 is 0 Å². The van der Waals surface area contributed by atoms with Crippen molar-refractivity contribution >= 4 is 17.8 Å². The molecule has 4 rings (SSSR count). The van der Waals surface area contributed by atoms with Crippen molar-refractivity contribution in [1.29, 1.82) is 0 Å². The first-order valence-electron chi connectivity index (χ1n) is 13.9. The zero-order chi connectivity index (χ0) is 30.6. The Morgan fingerprint density at radius 3 is 2.29 bits per heavy atom. The zero-order valence-corrected chi connectivity index (χ0v) is 24.7. The van der Waals surface area contributed by atoms with Crippen LogP contribution in [0.5, 0.6) is 5.88 Å². The van der Waals surface area contributed by atoms with E-state index in [1.54, 1.807) is 67.7 Å². The topological polar surface area (TPSA) is 124 Å². The molecule has 0 bridgehead atoms. The van der Waals surface area contributed by atoms with Gasteiger partial charge in [0.2, 0.25) is 5.88 Å². The fourth-order valence-corrected chi connectivity index (χ4v) is 4.98. The van der Waals surface area contributed by atoms with Gasteiger partial charge in [-0.2, -0.15) is 0 Å². The molecule has 222 valence electrons. The van der Waals surface area contributed by atoms with Crippen LogP contribution in [0.1, 0.15) is 50.5 Å². The van der Waals surface area contributed by atoms with E-state index in [0.717, 1.165) is 11.1 Å². The minimum Gasteiger partial charge on any atom is -0.478 e. The lowest BCUT2D eigenvalue weighted by Gasteiger charge is -2.37. The monoisotopic (exact) mass is 574 g/mol. The van der Waals surface area contributed by atoms with E-state index < -0.39 is 12.0 Å². The summed E-state index contributed by atoms with van der Waals surface area (Å²) >= 11 is 0. The largest absolute Gasteiger partial charge is 0.478 e. The quantitative estimate of drug-likeness (QED) is 0.398. The second-order valence-electron chi connectivity index (χ2n) is 11.2. The molecule has 0 unspecified atom stereocenters. The molecular formula is C32H38N4O6. The number of pyridine rings is 1. The number of carboxylic acids is 1. The van der Waals surface area contributed by atoms with Crippen LogP contribution in [0, 0.1) is 5.92 Å². The van der Waals surface area contributed by atoms with Gasteiger partial charge in [-0.15, -0.1) is 0 Å². The summed E-state index contributed by atoms with van der Waals surface area (Å²) in [6.07, 6.45) is 1.34. The van der Waals surface area contributed by atoms with E-state index >= 15 is 0 Å². The third-order valence-electron chi connectivity index (χ3n) is 7.54. The first-order valence-corrected chi connectivity index (χ1v) is 13.9. The molecule has 0 aliphatic carbocycles. The van der Waals surface area contributed by atoms with Crippen LogP contribution in [0.4, 0.5) is 0 Å². The van der Waals surface area contributed by atoms with E-state index in [9.17, 15) is 24.6 Å². The number of aliphatic hydroxyl groups is 1. The molecule has 2 N–H and O–H groups in total. The number of hydrogen-bond donors (Lipinski definition) is 2. The average Bonchev–Trinajstić information content (AvgIpc) is 2.98. The lowest BCUT2D eigenvalue weighted by Crippen LogP contribution is -2.49. The molecule has 1 aliphatic heterocycles. The molecule has 0 saturated heterocycles. The van der Waals surface area contributed by atoms with Crippen LogP contribution in [-0.2, 0) is 6.54 Å². The van der Waals surface area contributed by atoms with Crippen LogP contribution in [0.2, 0.25) is 0 Å². The summed E-state index contributed by atoms with van der Waals surface area (Å²) in [5.74, 6) is -1.17. The smallest absolute Gasteiger partial charge is 0.335 e. The SMILES string of the molecule is C[C@H]1CN([C@@H](C)CO)C(=O)c2cc(-c3ccc(C(=O)N(C)C)cc3)cnc2O[C@@H]1CN(C)Cc1ccc(C(=O)O)cc1. The molecule has 3 atom stereocenters. The predicted molar refractivity (Wildman–Crippen MR) is 159 cm³/mol. The van der Waals surface area contributed by atoms with E-state index in [4.69, 9.17) is 4.74 Å². The molecular weight excluding hydrogens is 536 g/mol. The van der Waals surface area contributed by atoms with Crippen molar-refractivity contribution < 1.29 is 29.3 Å². The number of carboxylic acid groups (broad SMARTS) is 1. The Balaban J connectivity index is 1.61. The van der Waals surface area contributed by atoms with Gasteiger partial charge in [-0.3, -0.25) is 14.5 Å². The van der Waals surface area contributed by atoms with Crippen LogP contribution in [-0.4, -0.2) is 101 Å². The first kappa shape index (κ1) is 30.7. The number of aliphatic hydroxyl groups excluding tert-OH is 1. The molecule has 1 aromatic heterocycles. The van der Waals surface area contributed by atoms with Gasteiger partial charge in [-0.1, -0.05) is 31.2 Å². The Kier molecular flexibility index (Phi) is 9.59. The second-order valence-corrected chi connectivity index (χ2v) is 11.2. The Hall–Kier alpha value is -4.28. The minimum atomic E-state index is -0.964. The van der Waals surface area contributed by atoms with Gasteiger partial charge in [-0.05, 0) is 55.4 Å². The van der Waals surface area contributed by atoms with E-state index in [1.807, 2.05) is 33.0 Å². The van der Waals surface area contributed by atoms with E-state index in [2.05, 4.69) is 9.88 Å². The fourth-order valence-electron chi connectivity index (χ4n) is 4.98. The number of carbonyl (C=O) groups is 3. The number of aromatic nitrogens is 1. The Bertz CT molecular complexity index is 1420. The van der Waals surface area contributed by atoms with Gasteiger partial charge in [0, 0.05) is 57.0 Å². The highest BCUT2D eigenvalue weighted by Gasteiger charge is 2.34. The minimum absolute atomic E-state index is 0.0730. The van der Waals surface area contributed by atoms with Crippen molar-refractivity contribution in [3.63, 3.8) is 0 Å². The van der Waals surface area contributed by atoms with Crippen LogP contribution in [0.25, 0.3) is 11.1 Å². The van der Waals surface area contributed by atoms with Gasteiger partial charge in [0.1, 0.15) is 11.7 Å². The normalized spacial score (nSPS) is 17.6. The number of fused-ring (bicyclic) bond motifs is 1. The van der Waals surface area contributed by atoms with E-state index in [1.165, 1.54) is 4.90 Å². The summed E-state index contributed by atoms with van der Waals surface area (Å²) < 4.78 is 6.42. The van der Waals surface area contributed by atoms with Gasteiger partial charge >= 0.3 is 5.97 Å². The Labute approximate surface area is 246 Å². The second kappa shape index (κ2) is 13.1. The predicted octanol–water partition coefficient (Wildman–Crippen LogP) is 3.50. The highest BCUT2D eigenvalue weighted by molar-refractivity contribution is 5.98. The highest BCUT2D eigenvalue weighted by atomic mass is 16.5. The standard InChI is InChI=1S/C32H38N4O6/c1-20-16-36(21(2)19-37)31(39)27-14-26(23-10-12-24(13-11-23)30(38)34(3)4)15-33-29(27)42-28(20)18-35(5)17-22-6-8-25(9-7-22)32(40)41/h6-15,20-21,28,37H,16-19H2,1-5H3,(H,40,41)/t20-,21-,28+/m0/s1. The van der Waals surface area contributed by atoms with Gasteiger partial charge < -0.3 is 24.7 Å². The van der Waals surface area contributed by atoms with Gasteiger partial charge in [0.15, 0.2) is 0 Å². The number of aromatic carboxylic acids is 1. The molecule has 3 aromatic rings. The molecule has 2 heterocycles.